The molecule has 0 heterocycles. The second kappa shape index (κ2) is 8.68. The minimum atomic E-state index is -3.68. The Morgan fingerprint density at radius 3 is 2.11 bits per heavy atom. The molecule has 2 rings (SSSR count). The van der Waals surface area contributed by atoms with Crippen molar-refractivity contribution in [2.45, 2.75) is 26.3 Å². The Bertz CT molecular complexity index is 914. The Kier molecular flexibility index (Phi) is 6.57. The van der Waals surface area contributed by atoms with E-state index in [1.165, 1.54) is 6.92 Å². The number of sulfonamides is 1. The van der Waals surface area contributed by atoms with Gasteiger partial charge in [0.1, 0.15) is 6.04 Å². The monoisotopic (exact) mass is 389 g/mol. The molecule has 2 N–H and O–H groups in total. The summed E-state index contributed by atoms with van der Waals surface area (Å²) in [5, 5.41) is 5.37. The SMILES string of the molecule is CCC(C(=O)Nc1cccc(NC(C)=O)c1)N(c1ccccc1)S(C)(=O)=O. The molecule has 0 spiro atoms. The fraction of sp³-hybridized carbons (Fsp3) is 0.263. The number of carbonyl (C=O) groups excluding carboxylic acids is 2. The Hall–Kier alpha value is -2.87. The lowest BCUT2D eigenvalue weighted by atomic mass is 10.1. The number of anilines is 3. The van der Waals surface area contributed by atoms with Crippen molar-refractivity contribution in [1.82, 2.24) is 0 Å². The molecule has 7 nitrogen and oxygen atoms in total. The maximum absolute atomic E-state index is 12.8. The Labute approximate surface area is 159 Å². The zero-order chi connectivity index (χ0) is 20.0. The van der Waals surface area contributed by atoms with E-state index in [0.29, 0.717) is 23.5 Å². The van der Waals surface area contributed by atoms with E-state index in [-0.39, 0.29) is 5.91 Å². The van der Waals surface area contributed by atoms with Crippen molar-refractivity contribution >= 4 is 38.9 Å². The first-order valence-corrected chi connectivity index (χ1v) is 10.3. The molecule has 8 heteroatoms. The molecule has 144 valence electrons. The van der Waals surface area contributed by atoms with Gasteiger partial charge in [0.2, 0.25) is 21.8 Å². The van der Waals surface area contributed by atoms with Crippen LogP contribution in [0.4, 0.5) is 17.1 Å². The molecule has 0 bridgehead atoms. The summed E-state index contributed by atoms with van der Waals surface area (Å²) < 4.78 is 25.9. The summed E-state index contributed by atoms with van der Waals surface area (Å²) in [5.41, 5.74) is 1.43. The summed E-state index contributed by atoms with van der Waals surface area (Å²) in [6, 6.07) is 14.3. The van der Waals surface area contributed by atoms with Crippen LogP contribution >= 0.6 is 0 Å². The fourth-order valence-electron chi connectivity index (χ4n) is 2.74. The molecule has 0 saturated carbocycles. The second-order valence-electron chi connectivity index (χ2n) is 6.07. The first-order valence-electron chi connectivity index (χ1n) is 8.45. The highest BCUT2D eigenvalue weighted by Crippen LogP contribution is 2.23. The summed E-state index contributed by atoms with van der Waals surface area (Å²) in [6.45, 7) is 3.14. The van der Waals surface area contributed by atoms with Gasteiger partial charge in [0, 0.05) is 18.3 Å². The molecule has 1 unspecified atom stereocenters. The van der Waals surface area contributed by atoms with Crippen LogP contribution in [0.5, 0.6) is 0 Å². The molecule has 2 aromatic carbocycles. The zero-order valence-electron chi connectivity index (χ0n) is 15.5. The maximum Gasteiger partial charge on any atom is 0.248 e. The normalized spacial score (nSPS) is 12.1. The average Bonchev–Trinajstić information content (AvgIpc) is 2.58. The number of benzene rings is 2. The molecule has 0 aliphatic heterocycles. The number of para-hydroxylation sites is 1. The summed E-state index contributed by atoms with van der Waals surface area (Å²) >= 11 is 0. The zero-order valence-corrected chi connectivity index (χ0v) is 16.3. The van der Waals surface area contributed by atoms with Gasteiger partial charge in [0.25, 0.3) is 0 Å². The lowest BCUT2D eigenvalue weighted by Crippen LogP contribution is -2.46. The third-order valence-corrected chi connectivity index (χ3v) is 4.97. The van der Waals surface area contributed by atoms with Gasteiger partial charge in [-0.2, -0.15) is 0 Å². The van der Waals surface area contributed by atoms with Crippen LogP contribution in [-0.4, -0.2) is 32.5 Å². The first-order chi connectivity index (χ1) is 12.7. The van der Waals surface area contributed by atoms with E-state index < -0.39 is 22.0 Å². The minimum absolute atomic E-state index is 0.225. The highest BCUT2D eigenvalue weighted by molar-refractivity contribution is 7.92. The highest BCUT2D eigenvalue weighted by atomic mass is 32.2. The molecule has 0 aliphatic carbocycles. The Balaban J connectivity index is 2.30. The number of nitrogens with one attached hydrogen (secondary N) is 2. The number of hydrogen-bond donors (Lipinski definition) is 2. The second-order valence-corrected chi connectivity index (χ2v) is 7.93. The Morgan fingerprint density at radius 1 is 1.00 bits per heavy atom. The molecule has 0 fully saturated rings. The first kappa shape index (κ1) is 20.4. The lowest BCUT2D eigenvalue weighted by Gasteiger charge is -2.30. The van der Waals surface area contributed by atoms with E-state index in [9.17, 15) is 18.0 Å². The van der Waals surface area contributed by atoms with Crippen molar-refractivity contribution in [1.29, 1.82) is 0 Å². The van der Waals surface area contributed by atoms with Crippen LogP contribution in [0.2, 0.25) is 0 Å². The molecule has 2 amide bonds. The van der Waals surface area contributed by atoms with E-state index in [1.54, 1.807) is 61.5 Å². The molecule has 0 aliphatic rings. The van der Waals surface area contributed by atoms with Gasteiger partial charge in [-0.15, -0.1) is 0 Å². The number of nitrogens with zero attached hydrogens (tertiary/aromatic N) is 1. The van der Waals surface area contributed by atoms with Crippen LogP contribution in [0.1, 0.15) is 20.3 Å². The van der Waals surface area contributed by atoms with Crippen LogP contribution in [0.3, 0.4) is 0 Å². The van der Waals surface area contributed by atoms with Crippen molar-refractivity contribution in [3.05, 3.63) is 54.6 Å². The van der Waals surface area contributed by atoms with Crippen molar-refractivity contribution < 1.29 is 18.0 Å². The van der Waals surface area contributed by atoms with Gasteiger partial charge in [-0.3, -0.25) is 13.9 Å². The van der Waals surface area contributed by atoms with Crippen LogP contribution in [0.15, 0.2) is 54.6 Å². The average molecular weight is 389 g/mol. The topological polar surface area (TPSA) is 95.6 Å². The summed E-state index contributed by atoms with van der Waals surface area (Å²) in [7, 11) is -3.68. The van der Waals surface area contributed by atoms with Crippen molar-refractivity contribution in [2.24, 2.45) is 0 Å². The lowest BCUT2D eigenvalue weighted by molar-refractivity contribution is -0.117. The van der Waals surface area contributed by atoms with E-state index in [4.69, 9.17) is 0 Å². The molecule has 0 aromatic heterocycles. The van der Waals surface area contributed by atoms with Crippen LogP contribution in [0.25, 0.3) is 0 Å². The standard InChI is InChI=1S/C19H23N3O4S/c1-4-18(22(27(3,25)26)17-11-6-5-7-12-17)19(24)21-16-10-8-9-15(13-16)20-14(2)23/h5-13,18H,4H2,1-3H3,(H,20,23)(H,21,24). The van der Waals surface area contributed by atoms with E-state index >= 15 is 0 Å². The smallest absolute Gasteiger partial charge is 0.248 e. The molecule has 0 saturated heterocycles. The van der Waals surface area contributed by atoms with Gasteiger partial charge in [0.15, 0.2) is 0 Å². The van der Waals surface area contributed by atoms with E-state index in [0.717, 1.165) is 10.6 Å². The minimum Gasteiger partial charge on any atom is -0.326 e. The fourth-order valence-corrected chi connectivity index (χ4v) is 3.95. The molecule has 1 atom stereocenters. The Morgan fingerprint density at radius 2 is 1.59 bits per heavy atom. The molecule has 2 aromatic rings. The maximum atomic E-state index is 12.8. The highest BCUT2D eigenvalue weighted by Gasteiger charge is 2.31. The van der Waals surface area contributed by atoms with Crippen molar-refractivity contribution in [3.63, 3.8) is 0 Å². The number of carbonyl (C=O) groups is 2. The van der Waals surface area contributed by atoms with Gasteiger partial charge in [-0.05, 0) is 36.8 Å². The molecular formula is C19H23N3O4S. The van der Waals surface area contributed by atoms with Gasteiger partial charge < -0.3 is 10.6 Å². The largest absolute Gasteiger partial charge is 0.326 e. The van der Waals surface area contributed by atoms with Gasteiger partial charge in [0.05, 0.1) is 11.9 Å². The number of rotatable bonds is 7. The van der Waals surface area contributed by atoms with Crippen molar-refractivity contribution in [2.75, 3.05) is 21.2 Å². The third-order valence-electron chi connectivity index (χ3n) is 3.79. The van der Waals surface area contributed by atoms with Gasteiger partial charge in [-0.1, -0.05) is 31.2 Å². The van der Waals surface area contributed by atoms with Crippen LogP contribution in [0, 0.1) is 0 Å². The van der Waals surface area contributed by atoms with Gasteiger partial charge in [-0.25, -0.2) is 8.42 Å². The molecule has 0 radical (unpaired) electrons. The summed E-state index contributed by atoms with van der Waals surface area (Å²) in [4.78, 5) is 24.0. The summed E-state index contributed by atoms with van der Waals surface area (Å²) in [5.74, 6) is -0.677. The molecule has 27 heavy (non-hydrogen) atoms. The quantitative estimate of drug-likeness (QED) is 0.761. The van der Waals surface area contributed by atoms with E-state index in [2.05, 4.69) is 10.6 Å². The number of hydrogen-bond acceptors (Lipinski definition) is 4. The van der Waals surface area contributed by atoms with Crippen LogP contribution in [-0.2, 0) is 19.6 Å². The van der Waals surface area contributed by atoms with Crippen molar-refractivity contribution in [3.8, 4) is 0 Å². The van der Waals surface area contributed by atoms with Gasteiger partial charge >= 0.3 is 0 Å². The molecular weight excluding hydrogens is 366 g/mol. The summed E-state index contributed by atoms with van der Waals surface area (Å²) in [6.07, 6.45) is 1.37. The van der Waals surface area contributed by atoms with Crippen LogP contribution < -0.4 is 14.9 Å². The predicted molar refractivity (Wildman–Crippen MR) is 107 cm³/mol. The number of amides is 2. The third kappa shape index (κ3) is 5.55. The predicted octanol–water partition coefficient (Wildman–Crippen LogP) is 2.83. The van der Waals surface area contributed by atoms with E-state index in [1.807, 2.05) is 0 Å².